The summed E-state index contributed by atoms with van der Waals surface area (Å²) in [5.41, 5.74) is 7.80. The monoisotopic (exact) mass is 287 g/mol. The number of hydrogen-bond donors (Lipinski definition) is 1. The first kappa shape index (κ1) is 14.1. The third kappa shape index (κ3) is 2.55. The molecule has 1 aliphatic carbocycles. The van der Waals surface area contributed by atoms with Crippen LogP contribution in [0, 0.1) is 5.82 Å². The van der Waals surface area contributed by atoms with Gasteiger partial charge in [-0.25, -0.2) is 9.37 Å². The average Bonchev–Trinajstić information content (AvgIpc) is 3.05. The lowest BCUT2D eigenvalue weighted by atomic mass is 10.1. The van der Waals surface area contributed by atoms with E-state index < -0.39 is 0 Å². The minimum atomic E-state index is -0.256. The SMILES string of the molecule is CC(C)n1c(C2CCCC2)nc(-c2cccc(F)c2)c1N. The zero-order valence-corrected chi connectivity index (χ0v) is 12.6. The van der Waals surface area contributed by atoms with Gasteiger partial charge in [-0.15, -0.1) is 0 Å². The molecule has 0 spiro atoms. The van der Waals surface area contributed by atoms with Crippen molar-refractivity contribution in [2.45, 2.75) is 51.5 Å². The molecular weight excluding hydrogens is 265 g/mol. The van der Waals surface area contributed by atoms with Gasteiger partial charge in [0.1, 0.15) is 23.2 Å². The van der Waals surface area contributed by atoms with Crippen LogP contribution in [0.15, 0.2) is 24.3 Å². The molecule has 1 fully saturated rings. The maximum Gasteiger partial charge on any atom is 0.131 e. The molecule has 21 heavy (non-hydrogen) atoms. The van der Waals surface area contributed by atoms with E-state index in [4.69, 9.17) is 10.7 Å². The van der Waals surface area contributed by atoms with Gasteiger partial charge >= 0.3 is 0 Å². The van der Waals surface area contributed by atoms with Crippen LogP contribution in [0.25, 0.3) is 11.3 Å². The molecule has 1 heterocycles. The van der Waals surface area contributed by atoms with E-state index in [1.165, 1.54) is 37.8 Å². The summed E-state index contributed by atoms with van der Waals surface area (Å²) in [6, 6.07) is 6.77. The molecule has 0 aliphatic heterocycles. The summed E-state index contributed by atoms with van der Waals surface area (Å²) in [5, 5.41) is 0. The van der Waals surface area contributed by atoms with Gasteiger partial charge < -0.3 is 10.3 Å². The van der Waals surface area contributed by atoms with Crippen molar-refractivity contribution in [3.8, 4) is 11.3 Å². The van der Waals surface area contributed by atoms with Crippen LogP contribution >= 0.6 is 0 Å². The molecule has 1 aromatic heterocycles. The van der Waals surface area contributed by atoms with E-state index in [1.54, 1.807) is 6.07 Å². The van der Waals surface area contributed by atoms with Crippen LogP contribution in [0.1, 0.15) is 57.3 Å². The lowest BCUT2D eigenvalue weighted by molar-refractivity contribution is 0.534. The van der Waals surface area contributed by atoms with Crippen LogP contribution in [0.2, 0.25) is 0 Å². The molecule has 3 rings (SSSR count). The normalized spacial score (nSPS) is 16.0. The fourth-order valence-corrected chi connectivity index (χ4v) is 3.33. The third-order valence-corrected chi connectivity index (χ3v) is 4.31. The van der Waals surface area contributed by atoms with Gasteiger partial charge in [0.25, 0.3) is 0 Å². The van der Waals surface area contributed by atoms with Crippen LogP contribution in [0.4, 0.5) is 10.2 Å². The van der Waals surface area contributed by atoms with Crippen LogP contribution in [0.5, 0.6) is 0 Å². The first-order valence-corrected chi connectivity index (χ1v) is 7.71. The summed E-state index contributed by atoms with van der Waals surface area (Å²) in [7, 11) is 0. The van der Waals surface area contributed by atoms with Crippen LogP contribution in [0.3, 0.4) is 0 Å². The van der Waals surface area contributed by atoms with Crippen LogP contribution in [-0.4, -0.2) is 9.55 Å². The highest BCUT2D eigenvalue weighted by Gasteiger charge is 2.26. The quantitative estimate of drug-likeness (QED) is 0.902. The van der Waals surface area contributed by atoms with Crippen molar-refractivity contribution in [3.63, 3.8) is 0 Å². The number of halogens is 1. The molecule has 3 nitrogen and oxygen atoms in total. The van der Waals surface area contributed by atoms with Gasteiger partial charge in [-0.3, -0.25) is 0 Å². The number of nitrogens with zero attached hydrogens (tertiary/aromatic N) is 2. The Kier molecular flexibility index (Phi) is 3.70. The molecular formula is C17H22FN3. The summed E-state index contributed by atoms with van der Waals surface area (Å²) >= 11 is 0. The molecule has 2 N–H and O–H groups in total. The number of benzene rings is 1. The van der Waals surface area contributed by atoms with E-state index in [9.17, 15) is 4.39 Å². The summed E-state index contributed by atoms with van der Waals surface area (Å²) in [4.78, 5) is 4.80. The molecule has 0 bridgehead atoms. The Labute approximate surface area is 125 Å². The van der Waals surface area contributed by atoms with Gasteiger partial charge in [-0.2, -0.15) is 0 Å². The van der Waals surface area contributed by atoms with Crippen molar-refractivity contribution in [2.75, 3.05) is 5.73 Å². The van der Waals surface area contributed by atoms with E-state index in [1.807, 2.05) is 6.07 Å². The first-order chi connectivity index (χ1) is 10.1. The highest BCUT2D eigenvalue weighted by atomic mass is 19.1. The van der Waals surface area contributed by atoms with Crippen LogP contribution < -0.4 is 5.73 Å². The average molecular weight is 287 g/mol. The van der Waals surface area contributed by atoms with Crippen molar-refractivity contribution in [3.05, 3.63) is 35.9 Å². The predicted molar refractivity (Wildman–Crippen MR) is 83.6 cm³/mol. The largest absolute Gasteiger partial charge is 0.383 e. The molecule has 2 aromatic rings. The number of nitrogens with two attached hydrogens (primary N) is 1. The minimum Gasteiger partial charge on any atom is -0.383 e. The van der Waals surface area contributed by atoms with Gasteiger partial charge in [-0.05, 0) is 38.8 Å². The van der Waals surface area contributed by atoms with Crippen molar-refractivity contribution in [2.24, 2.45) is 0 Å². The van der Waals surface area contributed by atoms with Gasteiger partial charge in [0, 0.05) is 17.5 Å². The maximum atomic E-state index is 13.5. The Hall–Kier alpha value is -1.84. The fraction of sp³-hybridized carbons (Fsp3) is 0.471. The molecule has 0 amide bonds. The number of rotatable bonds is 3. The van der Waals surface area contributed by atoms with Crippen LogP contribution in [-0.2, 0) is 0 Å². The topological polar surface area (TPSA) is 43.8 Å². The lowest BCUT2D eigenvalue weighted by Crippen LogP contribution is -2.11. The Balaban J connectivity index is 2.11. The van der Waals surface area contributed by atoms with Gasteiger partial charge in [-0.1, -0.05) is 25.0 Å². The minimum absolute atomic E-state index is 0.256. The Morgan fingerprint density at radius 2 is 2.00 bits per heavy atom. The van der Waals surface area contributed by atoms with Gasteiger partial charge in [0.15, 0.2) is 0 Å². The van der Waals surface area contributed by atoms with Crippen molar-refractivity contribution >= 4 is 5.82 Å². The van der Waals surface area contributed by atoms with E-state index in [0.717, 1.165) is 11.4 Å². The Morgan fingerprint density at radius 3 is 2.62 bits per heavy atom. The number of imidazole rings is 1. The number of anilines is 1. The molecule has 1 aliphatic rings. The summed E-state index contributed by atoms with van der Waals surface area (Å²) in [6.07, 6.45) is 4.85. The molecule has 1 aromatic carbocycles. The molecule has 0 atom stereocenters. The van der Waals surface area contributed by atoms with Gasteiger partial charge in [0.2, 0.25) is 0 Å². The predicted octanol–water partition coefficient (Wildman–Crippen LogP) is 4.51. The van der Waals surface area contributed by atoms with Crippen molar-refractivity contribution in [1.82, 2.24) is 9.55 Å². The zero-order valence-electron chi connectivity index (χ0n) is 12.6. The highest BCUT2D eigenvalue weighted by molar-refractivity contribution is 5.71. The highest BCUT2D eigenvalue weighted by Crippen LogP contribution is 2.39. The maximum absolute atomic E-state index is 13.5. The molecule has 0 radical (unpaired) electrons. The second-order valence-electron chi connectivity index (χ2n) is 6.16. The van der Waals surface area contributed by atoms with E-state index >= 15 is 0 Å². The van der Waals surface area contributed by atoms with E-state index in [2.05, 4.69) is 18.4 Å². The van der Waals surface area contributed by atoms with E-state index in [0.29, 0.717) is 17.4 Å². The molecule has 112 valence electrons. The second kappa shape index (κ2) is 5.51. The number of hydrogen-bond acceptors (Lipinski definition) is 2. The smallest absolute Gasteiger partial charge is 0.131 e. The molecule has 0 unspecified atom stereocenters. The summed E-state index contributed by atoms with van der Waals surface area (Å²) in [6.45, 7) is 4.23. The Bertz CT molecular complexity index is 639. The van der Waals surface area contributed by atoms with Crippen molar-refractivity contribution in [1.29, 1.82) is 0 Å². The van der Waals surface area contributed by atoms with Crippen molar-refractivity contribution < 1.29 is 4.39 Å². The fourth-order valence-electron chi connectivity index (χ4n) is 3.33. The molecule has 0 saturated heterocycles. The third-order valence-electron chi connectivity index (χ3n) is 4.31. The van der Waals surface area contributed by atoms with Gasteiger partial charge in [0.05, 0.1) is 0 Å². The lowest BCUT2D eigenvalue weighted by Gasteiger charge is -2.17. The number of aromatic nitrogens is 2. The zero-order chi connectivity index (χ0) is 15.0. The Morgan fingerprint density at radius 1 is 1.29 bits per heavy atom. The summed E-state index contributed by atoms with van der Waals surface area (Å²) in [5.74, 6) is 1.95. The number of nitrogen functional groups attached to an aromatic ring is 1. The second-order valence-corrected chi connectivity index (χ2v) is 6.16. The van der Waals surface area contributed by atoms with E-state index in [-0.39, 0.29) is 11.9 Å². The standard InChI is InChI=1S/C17H22FN3/c1-11(2)21-16(19)15(13-8-5-9-14(18)10-13)20-17(21)12-6-3-4-7-12/h5,8-12H,3-4,6-7,19H2,1-2H3. The molecule has 4 heteroatoms. The summed E-state index contributed by atoms with van der Waals surface area (Å²) < 4.78 is 15.6. The first-order valence-electron chi connectivity index (χ1n) is 7.71. The molecule has 1 saturated carbocycles.